The molecule has 0 bridgehead atoms. The number of nitrogens with one attached hydrogen (secondary N) is 1. The van der Waals surface area contributed by atoms with Gasteiger partial charge in [0, 0.05) is 19.6 Å². The van der Waals surface area contributed by atoms with Crippen LogP contribution in [0.4, 0.5) is 4.39 Å². The minimum Gasteiger partial charge on any atom is -0.387 e. The fourth-order valence-corrected chi connectivity index (χ4v) is 3.03. The van der Waals surface area contributed by atoms with E-state index in [-0.39, 0.29) is 17.1 Å². The molecule has 1 rings (SSSR count). The lowest BCUT2D eigenvalue weighted by atomic mass is 10.1. The molecular weight excluding hydrogens is 307 g/mol. The van der Waals surface area contributed by atoms with Crippen molar-refractivity contribution in [1.82, 2.24) is 9.03 Å². The van der Waals surface area contributed by atoms with Crippen LogP contribution in [0.1, 0.15) is 25.5 Å². The Morgan fingerprint density at radius 3 is 2.50 bits per heavy atom. The highest BCUT2D eigenvalue weighted by Crippen LogP contribution is 2.20. The second-order valence-electron chi connectivity index (χ2n) is 4.13. The third-order valence-electron chi connectivity index (χ3n) is 2.83. The molecule has 1 unspecified atom stereocenters. The summed E-state index contributed by atoms with van der Waals surface area (Å²) in [6.45, 7) is 3.86. The van der Waals surface area contributed by atoms with Gasteiger partial charge in [-0.05, 0) is 17.7 Å². The van der Waals surface area contributed by atoms with Crippen molar-refractivity contribution in [3.8, 4) is 0 Å². The number of hydrogen-bond acceptors (Lipinski definition) is 3. The van der Waals surface area contributed by atoms with Crippen molar-refractivity contribution >= 4 is 21.8 Å². The summed E-state index contributed by atoms with van der Waals surface area (Å²) in [6, 6.07) is 3.84. The second-order valence-corrected chi connectivity index (χ2v) is 6.29. The standard InChI is InChI=1S/C12H18ClFN2O3S/c1-3-16(4-2)20(18,19)15-8-12(17)9-5-6-10(13)11(14)7-9/h5-7,12,15,17H,3-4,8H2,1-2H3. The molecule has 20 heavy (non-hydrogen) atoms. The molecule has 0 aliphatic rings. The number of aliphatic hydroxyl groups excluding tert-OH is 1. The van der Waals surface area contributed by atoms with Gasteiger partial charge in [0.05, 0.1) is 11.1 Å². The van der Waals surface area contributed by atoms with E-state index in [2.05, 4.69) is 4.72 Å². The molecule has 1 aromatic carbocycles. The highest BCUT2D eigenvalue weighted by Gasteiger charge is 2.20. The molecule has 0 saturated carbocycles. The van der Waals surface area contributed by atoms with E-state index in [1.807, 2.05) is 0 Å². The zero-order valence-electron chi connectivity index (χ0n) is 11.3. The molecule has 114 valence electrons. The molecule has 0 radical (unpaired) electrons. The van der Waals surface area contributed by atoms with Crippen LogP contribution in [0.5, 0.6) is 0 Å². The molecule has 0 amide bonds. The summed E-state index contributed by atoms with van der Waals surface area (Å²) < 4.78 is 40.5. The van der Waals surface area contributed by atoms with E-state index < -0.39 is 22.1 Å². The normalized spacial score (nSPS) is 13.7. The molecular formula is C12H18ClFN2O3S. The first kappa shape index (κ1) is 17.3. The van der Waals surface area contributed by atoms with Crippen molar-refractivity contribution in [1.29, 1.82) is 0 Å². The Balaban J connectivity index is 2.72. The lowest BCUT2D eigenvalue weighted by Gasteiger charge is -2.20. The van der Waals surface area contributed by atoms with E-state index in [1.54, 1.807) is 13.8 Å². The van der Waals surface area contributed by atoms with E-state index in [1.165, 1.54) is 16.4 Å². The molecule has 5 nitrogen and oxygen atoms in total. The third kappa shape index (κ3) is 4.39. The first-order valence-electron chi connectivity index (χ1n) is 6.19. The quantitative estimate of drug-likeness (QED) is 0.802. The average molecular weight is 325 g/mol. The monoisotopic (exact) mass is 324 g/mol. The fourth-order valence-electron chi connectivity index (χ4n) is 1.68. The van der Waals surface area contributed by atoms with Crippen LogP contribution in [0.2, 0.25) is 5.02 Å². The number of halogens is 2. The molecule has 2 N–H and O–H groups in total. The number of rotatable bonds is 7. The fraction of sp³-hybridized carbons (Fsp3) is 0.500. The Hall–Kier alpha value is -0.730. The highest BCUT2D eigenvalue weighted by molar-refractivity contribution is 7.87. The number of aliphatic hydroxyl groups is 1. The second kappa shape index (κ2) is 7.33. The largest absolute Gasteiger partial charge is 0.387 e. The van der Waals surface area contributed by atoms with E-state index in [4.69, 9.17) is 11.6 Å². The maximum atomic E-state index is 13.3. The molecule has 0 aliphatic carbocycles. The van der Waals surface area contributed by atoms with Crippen LogP contribution in [0.3, 0.4) is 0 Å². The van der Waals surface area contributed by atoms with Crippen LogP contribution in [0.25, 0.3) is 0 Å². The molecule has 0 spiro atoms. The van der Waals surface area contributed by atoms with Crippen LogP contribution < -0.4 is 4.72 Å². The van der Waals surface area contributed by atoms with E-state index in [9.17, 15) is 17.9 Å². The maximum absolute atomic E-state index is 13.3. The summed E-state index contributed by atoms with van der Waals surface area (Å²) in [5.41, 5.74) is 0.258. The van der Waals surface area contributed by atoms with Gasteiger partial charge >= 0.3 is 0 Å². The van der Waals surface area contributed by atoms with Crippen molar-refractivity contribution in [2.24, 2.45) is 0 Å². The van der Waals surface area contributed by atoms with Gasteiger partial charge in [0.15, 0.2) is 0 Å². The predicted octanol–water partition coefficient (Wildman–Crippen LogP) is 1.69. The van der Waals surface area contributed by atoms with Crippen molar-refractivity contribution < 1.29 is 17.9 Å². The summed E-state index contributed by atoms with van der Waals surface area (Å²) >= 11 is 5.54. The molecule has 0 aromatic heterocycles. The Morgan fingerprint density at radius 2 is 2.00 bits per heavy atom. The van der Waals surface area contributed by atoms with Crippen molar-refractivity contribution in [3.05, 3.63) is 34.6 Å². The summed E-state index contributed by atoms with van der Waals surface area (Å²) in [5, 5.41) is 9.82. The average Bonchev–Trinajstić information content (AvgIpc) is 2.40. The molecule has 0 fully saturated rings. The van der Waals surface area contributed by atoms with Gasteiger partial charge in [-0.15, -0.1) is 0 Å². The van der Waals surface area contributed by atoms with Gasteiger partial charge in [-0.1, -0.05) is 31.5 Å². The van der Waals surface area contributed by atoms with Gasteiger partial charge in [-0.3, -0.25) is 0 Å². The Kier molecular flexibility index (Phi) is 6.35. The molecule has 1 atom stereocenters. The lowest BCUT2D eigenvalue weighted by Crippen LogP contribution is -2.42. The van der Waals surface area contributed by atoms with E-state index in [0.717, 1.165) is 6.07 Å². The van der Waals surface area contributed by atoms with E-state index >= 15 is 0 Å². The van der Waals surface area contributed by atoms with Gasteiger partial charge < -0.3 is 5.11 Å². The number of nitrogens with zero attached hydrogens (tertiary/aromatic N) is 1. The summed E-state index contributed by atoms with van der Waals surface area (Å²) in [5.74, 6) is -0.658. The summed E-state index contributed by atoms with van der Waals surface area (Å²) in [4.78, 5) is 0. The molecule has 8 heteroatoms. The maximum Gasteiger partial charge on any atom is 0.279 e. The van der Waals surface area contributed by atoms with Crippen LogP contribution in [0, 0.1) is 5.82 Å². The van der Waals surface area contributed by atoms with Gasteiger partial charge in [0.2, 0.25) is 0 Å². The van der Waals surface area contributed by atoms with Crippen molar-refractivity contribution in [2.75, 3.05) is 19.6 Å². The Bertz CT molecular complexity index is 550. The third-order valence-corrected chi connectivity index (χ3v) is 4.87. The topological polar surface area (TPSA) is 69.6 Å². The summed E-state index contributed by atoms with van der Waals surface area (Å²) in [6.07, 6.45) is -1.15. The first-order valence-corrected chi connectivity index (χ1v) is 8.01. The molecule has 0 saturated heterocycles. The van der Waals surface area contributed by atoms with Gasteiger partial charge in [0.1, 0.15) is 5.82 Å². The summed E-state index contributed by atoms with van der Waals surface area (Å²) in [7, 11) is -3.64. The zero-order valence-corrected chi connectivity index (χ0v) is 12.9. The van der Waals surface area contributed by atoms with Crippen LogP contribution in [-0.4, -0.2) is 37.5 Å². The zero-order chi connectivity index (χ0) is 15.3. The molecule has 0 heterocycles. The van der Waals surface area contributed by atoms with Crippen LogP contribution in [-0.2, 0) is 10.2 Å². The number of hydrogen-bond donors (Lipinski definition) is 2. The smallest absolute Gasteiger partial charge is 0.279 e. The van der Waals surface area contributed by atoms with Gasteiger partial charge in [-0.2, -0.15) is 17.4 Å². The first-order chi connectivity index (χ1) is 9.31. The van der Waals surface area contributed by atoms with Gasteiger partial charge in [0.25, 0.3) is 10.2 Å². The minimum atomic E-state index is -3.64. The van der Waals surface area contributed by atoms with Gasteiger partial charge in [-0.25, -0.2) is 4.39 Å². The highest BCUT2D eigenvalue weighted by atomic mass is 35.5. The minimum absolute atomic E-state index is 0.0512. The van der Waals surface area contributed by atoms with Crippen LogP contribution >= 0.6 is 11.6 Å². The SMILES string of the molecule is CCN(CC)S(=O)(=O)NCC(O)c1ccc(Cl)c(F)c1. The van der Waals surface area contributed by atoms with Crippen molar-refractivity contribution in [2.45, 2.75) is 20.0 Å². The van der Waals surface area contributed by atoms with E-state index in [0.29, 0.717) is 13.1 Å². The predicted molar refractivity (Wildman–Crippen MR) is 76.2 cm³/mol. The lowest BCUT2D eigenvalue weighted by molar-refractivity contribution is 0.180. The molecule has 1 aromatic rings. The molecule has 0 aliphatic heterocycles. The Morgan fingerprint density at radius 1 is 1.40 bits per heavy atom. The van der Waals surface area contributed by atoms with Crippen molar-refractivity contribution in [3.63, 3.8) is 0 Å². The van der Waals surface area contributed by atoms with Crippen LogP contribution in [0.15, 0.2) is 18.2 Å². The number of benzene rings is 1. The Labute approximate surface area is 123 Å².